The van der Waals surface area contributed by atoms with E-state index in [-0.39, 0.29) is 30.2 Å². The van der Waals surface area contributed by atoms with Crippen molar-refractivity contribution >= 4 is 34.7 Å². The van der Waals surface area contributed by atoms with Gasteiger partial charge < -0.3 is 26.2 Å². The van der Waals surface area contributed by atoms with Gasteiger partial charge in [0.2, 0.25) is 5.91 Å². The van der Waals surface area contributed by atoms with Crippen molar-refractivity contribution in [3.05, 3.63) is 23.3 Å². The molecule has 36 heavy (non-hydrogen) atoms. The number of nitrogens with two attached hydrogens (primary N) is 1. The van der Waals surface area contributed by atoms with E-state index in [0.717, 1.165) is 25.7 Å². The summed E-state index contributed by atoms with van der Waals surface area (Å²) in [5, 5.41) is 25.4. The number of amides is 1. The lowest BCUT2D eigenvalue weighted by Crippen LogP contribution is -2.74. The molecule has 1 aromatic carbocycles. The molecule has 0 radical (unpaired) electrons. The van der Waals surface area contributed by atoms with Crippen LogP contribution in [0, 0.1) is 23.7 Å². The van der Waals surface area contributed by atoms with E-state index >= 15 is 0 Å². The summed E-state index contributed by atoms with van der Waals surface area (Å²) in [7, 11) is 3.61. The van der Waals surface area contributed by atoms with Gasteiger partial charge in [-0.2, -0.15) is 0 Å². The number of carbonyl (C=O) groups excluding carboxylic acids is 5. The van der Waals surface area contributed by atoms with Gasteiger partial charge in [-0.3, -0.25) is 24.0 Å². The summed E-state index contributed by atoms with van der Waals surface area (Å²) in [6.07, 6.45) is 3.80. The molecular formula is C26H31N3O7. The first-order chi connectivity index (χ1) is 17.0. The quantitative estimate of drug-likeness (QED) is 0.415. The first kappa shape index (κ1) is 24.6. The molecule has 5 N–H and O–H groups in total. The van der Waals surface area contributed by atoms with Gasteiger partial charge in [-0.25, -0.2) is 0 Å². The third kappa shape index (κ3) is 3.34. The lowest BCUT2D eigenvalue weighted by atomic mass is 9.52. The number of benzene rings is 1. The molecule has 4 aliphatic rings. The van der Waals surface area contributed by atoms with Crippen LogP contribution in [0.1, 0.15) is 48.0 Å². The molecule has 6 atom stereocenters. The average molecular weight is 498 g/mol. The third-order valence-corrected chi connectivity index (χ3v) is 8.65. The van der Waals surface area contributed by atoms with E-state index in [0.29, 0.717) is 11.3 Å². The van der Waals surface area contributed by atoms with Gasteiger partial charge in [-0.15, -0.1) is 0 Å². The van der Waals surface area contributed by atoms with Gasteiger partial charge in [-0.05, 0) is 49.3 Å². The molecule has 3 saturated carbocycles. The zero-order valence-electron chi connectivity index (χ0n) is 20.3. The maximum Gasteiger partial charge on any atom is 0.235 e. The molecule has 10 heteroatoms. The summed E-state index contributed by atoms with van der Waals surface area (Å²) in [4.78, 5) is 68.2. The fourth-order valence-corrected chi connectivity index (χ4v) is 6.97. The van der Waals surface area contributed by atoms with Crippen LogP contribution < -0.4 is 16.0 Å². The van der Waals surface area contributed by atoms with E-state index in [2.05, 4.69) is 5.32 Å². The predicted molar refractivity (Wildman–Crippen MR) is 127 cm³/mol. The van der Waals surface area contributed by atoms with E-state index < -0.39 is 64.4 Å². The van der Waals surface area contributed by atoms with Crippen molar-refractivity contribution in [2.75, 3.05) is 19.0 Å². The minimum absolute atomic E-state index is 0.00395. The van der Waals surface area contributed by atoms with Gasteiger partial charge in [0.1, 0.15) is 5.75 Å². The van der Waals surface area contributed by atoms with Crippen molar-refractivity contribution in [2.24, 2.45) is 29.4 Å². The number of phenols is 1. The average Bonchev–Trinajstić information content (AvgIpc) is 3.32. The monoisotopic (exact) mass is 497 g/mol. The number of nitrogens with one attached hydrogen (secondary N) is 1. The summed E-state index contributed by atoms with van der Waals surface area (Å²) in [5.74, 6) is -10.2. The Morgan fingerprint density at radius 2 is 1.78 bits per heavy atom. The normalized spacial score (nSPS) is 34.2. The largest absolute Gasteiger partial charge is 0.507 e. The summed E-state index contributed by atoms with van der Waals surface area (Å²) < 4.78 is 0. The number of hydrogen-bond acceptors (Lipinski definition) is 9. The van der Waals surface area contributed by atoms with Crippen LogP contribution in [0.4, 0.5) is 5.69 Å². The maximum absolute atomic E-state index is 13.9. The van der Waals surface area contributed by atoms with Crippen molar-refractivity contribution in [1.82, 2.24) is 5.32 Å². The second-order valence-electron chi connectivity index (χ2n) is 10.9. The molecule has 0 bridgehead atoms. The highest BCUT2D eigenvalue weighted by Crippen LogP contribution is 2.51. The molecule has 10 nitrogen and oxygen atoms in total. The zero-order valence-corrected chi connectivity index (χ0v) is 20.3. The van der Waals surface area contributed by atoms with Crippen LogP contribution in [0.2, 0.25) is 0 Å². The van der Waals surface area contributed by atoms with E-state index in [1.807, 2.05) is 4.90 Å². The molecule has 1 amide bonds. The predicted octanol–water partition coefficient (Wildman–Crippen LogP) is -0.0964. The molecule has 0 saturated heterocycles. The van der Waals surface area contributed by atoms with Crippen molar-refractivity contribution in [1.29, 1.82) is 0 Å². The highest BCUT2D eigenvalue weighted by atomic mass is 16.3. The molecule has 192 valence electrons. The van der Waals surface area contributed by atoms with Gasteiger partial charge in [0.25, 0.3) is 0 Å². The van der Waals surface area contributed by atoms with Crippen LogP contribution in [-0.4, -0.2) is 71.0 Å². The Morgan fingerprint density at radius 3 is 2.39 bits per heavy atom. The lowest BCUT2D eigenvalue weighted by Gasteiger charge is -2.52. The molecule has 3 fully saturated rings. The number of aliphatic hydroxyl groups is 1. The van der Waals surface area contributed by atoms with Crippen LogP contribution in [0.25, 0.3) is 0 Å². The Labute approximate surface area is 208 Å². The number of ketones is 4. The second-order valence-corrected chi connectivity index (χ2v) is 10.9. The van der Waals surface area contributed by atoms with E-state index in [1.54, 1.807) is 20.2 Å². The van der Waals surface area contributed by atoms with E-state index in [9.17, 15) is 34.2 Å². The smallest absolute Gasteiger partial charge is 0.235 e. The molecule has 5 rings (SSSR count). The number of hydrogen-bond donors (Lipinski definition) is 4. The first-order valence-electron chi connectivity index (χ1n) is 12.4. The number of anilines is 1. The summed E-state index contributed by atoms with van der Waals surface area (Å²) in [6.45, 7) is 0. The molecule has 0 spiro atoms. The number of Topliss-reactive ketones (excluding diaryl/α,β-unsaturated/α-hetero) is 4. The summed E-state index contributed by atoms with van der Waals surface area (Å²) >= 11 is 0. The van der Waals surface area contributed by atoms with Gasteiger partial charge in [0.05, 0.1) is 17.5 Å². The Balaban J connectivity index is 1.62. The highest BCUT2D eigenvalue weighted by molar-refractivity contribution is 6.32. The van der Waals surface area contributed by atoms with Crippen molar-refractivity contribution in [3.63, 3.8) is 0 Å². The van der Waals surface area contributed by atoms with Gasteiger partial charge in [0, 0.05) is 31.7 Å². The van der Waals surface area contributed by atoms with Crippen LogP contribution in [0.3, 0.4) is 0 Å². The Morgan fingerprint density at radius 1 is 1.11 bits per heavy atom. The number of rotatable bonds is 4. The number of aromatic hydroxyl groups is 1. The first-order valence-corrected chi connectivity index (χ1v) is 12.4. The van der Waals surface area contributed by atoms with E-state index in [1.165, 1.54) is 6.07 Å². The minimum atomic E-state index is -2.70. The SMILES string of the molecule is CN(C)c1ccc(O)c2c1CC1CC3[C@@H](NC4CCCC4)C(=O)C(C(N)=O)C(=O)C3(O)C(=O)C1C2=O. The van der Waals surface area contributed by atoms with Crippen LogP contribution >= 0.6 is 0 Å². The Bertz CT molecular complexity index is 1190. The molecule has 5 unspecified atom stereocenters. The van der Waals surface area contributed by atoms with Crippen molar-refractivity contribution < 1.29 is 34.2 Å². The highest BCUT2D eigenvalue weighted by Gasteiger charge is 2.69. The molecular weight excluding hydrogens is 466 g/mol. The van der Waals surface area contributed by atoms with Crippen LogP contribution in [-0.2, 0) is 25.6 Å². The Kier molecular flexibility index (Phi) is 5.79. The van der Waals surface area contributed by atoms with Crippen molar-refractivity contribution in [3.8, 4) is 5.75 Å². The number of nitrogens with zero attached hydrogens (tertiary/aromatic N) is 1. The summed E-state index contributed by atoms with van der Waals surface area (Å²) in [5.41, 5.74) is 4.01. The lowest BCUT2D eigenvalue weighted by molar-refractivity contribution is -0.178. The summed E-state index contributed by atoms with van der Waals surface area (Å²) in [6, 6.07) is 1.90. The maximum atomic E-state index is 13.9. The third-order valence-electron chi connectivity index (χ3n) is 8.65. The minimum Gasteiger partial charge on any atom is -0.507 e. The van der Waals surface area contributed by atoms with Gasteiger partial charge in [0.15, 0.2) is 34.7 Å². The van der Waals surface area contributed by atoms with E-state index in [4.69, 9.17) is 5.73 Å². The Hall–Kier alpha value is -3.11. The van der Waals surface area contributed by atoms with Crippen molar-refractivity contribution in [2.45, 2.75) is 56.2 Å². The fourth-order valence-electron chi connectivity index (χ4n) is 6.97. The molecule has 0 aromatic heterocycles. The van der Waals surface area contributed by atoms with Gasteiger partial charge >= 0.3 is 0 Å². The molecule has 0 aliphatic heterocycles. The topological polar surface area (TPSA) is 167 Å². The number of carbonyl (C=O) groups is 5. The van der Waals surface area contributed by atoms with Crippen LogP contribution in [0.5, 0.6) is 5.75 Å². The molecule has 4 aliphatic carbocycles. The van der Waals surface area contributed by atoms with Crippen LogP contribution in [0.15, 0.2) is 12.1 Å². The second kappa shape index (κ2) is 8.48. The number of fused-ring (bicyclic) bond motifs is 3. The fraction of sp³-hybridized carbons (Fsp3) is 0.577. The standard InChI is InChI=1S/C26H31N3O7/c1-29(2)15-7-8-16(30)18-13(15)9-11-10-14-20(28-12-5-3-4-6-12)22(32)19(25(27)35)24(34)26(14,36)23(33)17(11)21(18)31/h7-8,11-12,14,17,19-20,28,30,36H,3-6,9-10H2,1-2H3,(H2,27,35)/t11?,14?,17?,19?,20-,26?/m1/s1. The van der Waals surface area contributed by atoms with Gasteiger partial charge in [-0.1, -0.05) is 12.8 Å². The molecule has 1 aromatic rings. The zero-order chi connectivity index (χ0) is 26.1. The number of primary amides is 1. The molecule has 0 heterocycles. The number of phenolic OH excluding ortho intramolecular Hbond substituents is 1.